The predicted molar refractivity (Wildman–Crippen MR) is 175 cm³/mol. The average molecular weight is 648 g/mol. The van der Waals surface area contributed by atoms with Gasteiger partial charge in [0, 0.05) is 37.5 Å². The van der Waals surface area contributed by atoms with Crippen molar-refractivity contribution in [2.75, 3.05) is 24.2 Å². The molecule has 3 unspecified atom stereocenters. The van der Waals surface area contributed by atoms with E-state index in [-0.39, 0.29) is 42.4 Å². The zero-order valence-corrected chi connectivity index (χ0v) is 26.7. The lowest BCUT2D eigenvalue weighted by atomic mass is 10.00. The molecule has 0 radical (unpaired) electrons. The molecule has 0 saturated heterocycles. The van der Waals surface area contributed by atoms with E-state index in [4.69, 9.17) is 0 Å². The molecule has 0 spiro atoms. The molecule has 4 N–H and O–H groups in total. The summed E-state index contributed by atoms with van der Waals surface area (Å²) in [6.45, 7) is 2.13. The Balaban J connectivity index is 1.58. The summed E-state index contributed by atoms with van der Waals surface area (Å²) in [5.74, 6) is -1.57. The number of aliphatic hydroxyl groups is 1. The number of halogens is 1. The molecule has 0 aliphatic carbocycles. The van der Waals surface area contributed by atoms with Crippen molar-refractivity contribution in [1.29, 1.82) is 0 Å². The summed E-state index contributed by atoms with van der Waals surface area (Å²) in [7, 11) is -2.39. The van der Waals surface area contributed by atoms with Gasteiger partial charge in [0.05, 0.1) is 36.3 Å². The lowest BCUT2D eigenvalue weighted by molar-refractivity contribution is 0.0830. The maximum atomic E-state index is 13.7. The van der Waals surface area contributed by atoms with Crippen LogP contribution in [-0.2, 0) is 23.0 Å². The van der Waals surface area contributed by atoms with Crippen LogP contribution in [-0.4, -0.2) is 62.3 Å². The molecular weight excluding hydrogens is 609 g/mol. The second kappa shape index (κ2) is 15.6. The highest BCUT2D eigenvalue weighted by molar-refractivity contribution is 7.92. The molecule has 0 aliphatic heterocycles. The molecule has 242 valence electrons. The highest BCUT2D eigenvalue weighted by atomic mass is 32.2. The number of sulfonamides is 1. The number of pyridine rings is 1. The number of amides is 2. The van der Waals surface area contributed by atoms with E-state index in [0.29, 0.717) is 5.56 Å². The summed E-state index contributed by atoms with van der Waals surface area (Å²) >= 11 is 0. The third-order valence-corrected chi connectivity index (χ3v) is 8.68. The van der Waals surface area contributed by atoms with E-state index in [1.165, 1.54) is 37.5 Å². The molecule has 0 aliphatic rings. The van der Waals surface area contributed by atoms with Crippen molar-refractivity contribution in [3.8, 4) is 0 Å². The lowest BCUT2D eigenvalue weighted by Gasteiger charge is -2.25. The molecular formula is C34H38FN5O5S. The smallest absolute Gasteiger partial charge is 0.251 e. The maximum Gasteiger partial charge on any atom is 0.251 e. The van der Waals surface area contributed by atoms with Gasteiger partial charge in [-0.05, 0) is 54.3 Å². The fraction of sp³-hybridized carbons (Fsp3) is 0.265. The molecule has 0 fully saturated rings. The first-order valence-corrected chi connectivity index (χ1v) is 16.5. The van der Waals surface area contributed by atoms with Gasteiger partial charge in [-0.1, -0.05) is 60.7 Å². The molecule has 10 nitrogen and oxygen atoms in total. The van der Waals surface area contributed by atoms with Crippen LogP contribution in [0.25, 0.3) is 0 Å². The molecule has 1 aromatic heterocycles. The van der Waals surface area contributed by atoms with E-state index >= 15 is 0 Å². The monoisotopic (exact) mass is 647 g/mol. The van der Waals surface area contributed by atoms with Crippen molar-refractivity contribution >= 4 is 27.5 Å². The van der Waals surface area contributed by atoms with E-state index in [1.54, 1.807) is 0 Å². The molecule has 12 heteroatoms. The van der Waals surface area contributed by atoms with Gasteiger partial charge < -0.3 is 21.1 Å². The molecule has 3 atom stereocenters. The standard InChI is InChI=1S/C34H38FN5O5S/c1-23(26-12-8-5-9-13-26)38-33(42)27-16-28(18-30(17-27)40(2)46(3,44)45)34(43)39-31(15-24-10-6-4-7-11-24)32(41)22-37-20-25-14-29(35)21-36-19-25/h4-14,16-19,21,23,31-32,37,41H,15,20,22H2,1-3H3,(H,38,42)(H,39,43). The van der Waals surface area contributed by atoms with Gasteiger partial charge in [0.2, 0.25) is 10.0 Å². The second-order valence-corrected chi connectivity index (χ2v) is 13.1. The van der Waals surface area contributed by atoms with Gasteiger partial charge in [0.15, 0.2) is 0 Å². The molecule has 4 aromatic rings. The minimum absolute atomic E-state index is 0.0366. The zero-order valence-electron chi connectivity index (χ0n) is 25.9. The van der Waals surface area contributed by atoms with Crippen LogP contribution >= 0.6 is 0 Å². The van der Waals surface area contributed by atoms with E-state index < -0.39 is 39.8 Å². The van der Waals surface area contributed by atoms with Gasteiger partial charge in [-0.15, -0.1) is 0 Å². The van der Waals surface area contributed by atoms with Gasteiger partial charge in [0.25, 0.3) is 11.8 Å². The van der Waals surface area contributed by atoms with Gasteiger partial charge in [-0.3, -0.25) is 18.9 Å². The summed E-state index contributed by atoms with van der Waals surface area (Å²) in [5.41, 5.74) is 2.58. The van der Waals surface area contributed by atoms with Crippen LogP contribution in [0.15, 0.2) is 97.3 Å². The van der Waals surface area contributed by atoms with Crippen molar-refractivity contribution in [2.24, 2.45) is 0 Å². The van der Waals surface area contributed by atoms with E-state index in [0.717, 1.165) is 27.9 Å². The van der Waals surface area contributed by atoms with E-state index in [9.17, 15) is 27.5 Å². The van der Waals surface area contributed by atoms with Crippen LogP contribution in [0.4, 0.5) is 10.1 Å². The SMILES string of the molecule is CC(NC(=O)c1cc(C(=O)NC(Cc2ccccc2)C(O)CNCc2cncc(F)c2)cc(N(C)S(C)(=O)=O)c1)c1ccccc1. The topological polar surface area (TPSA) is 141 Å². The molecule has 46 heavy (non-hydrogen) atoms. The third-order valence-electron chi connectivity index (χ3n) is 7.47. The second-order valence-electron chi connectivity index (χ2n) is 11.1. The Bertz CT molecular complexity index is 1740. The van der Waals surface area contributed by atoms with Gasteiger partial charge in [0.1, 0.15) is 5.82 Å². The normalized spacial score (nSPS) is 13.3. The summed E-state index contributed by atoms with van der Waals surface area (Å²) in [6.07, 6.45) is 2.85. The largest absolute Gasteiger partial charge is 0.390 e. The van der Waals surface area contributed by atoms with Crippen LogP contribution in [0.5, 0.6) is 0 Å². The maximum absolute atomic E-state index is 13.7. The van der Waals surface area contributed by atoms with Crippen LogP contribution in [0.3, 0.4) is 0 Å². The van der Waals surface area contributed by atoms with Crippen molar-refractivity contribution in [3.63, 3.8) is 0 Å². The Labute approximate surface area is 268 Å². The summed E-state index contributed by atoms with van der Waals surface area (Å²) < 4.78 is 39.3. The van der Waals surface area contributed by atoms with Crippen molar-refractivity contribution in [1.82, 2.24) is 20.9 Å². The number of hydrogen-bond donors (Lipinski definition) is 4. The zero-order chi connectivity index (χ0) is 33.3. The number of carbonyl (C=O) groups excluding carboxylic acids is 2. The number of aromatic nitrogens is 1. The minimum atomic E-state index is -3.73. The number of carbonyl (C=O) groups is 2. The molecule has 3 aromatic carbocycles. The Kier molecular flexibility index (Phi) is 11.6. The first-order valence-electron chi connectivity index (χ1n) is 14.7. The highest BCUT2D eigenvalue weighted by Gasteiger charge is 2.25. The van der Waals surface area contributed by atoms with Gasteiger partial charge >= 0.3 is 0 Å². The molecule has 1 heterocycles. The Morgan fingerprint density at radius 1 is 0.891 bits per heavy atom. The number of aliphatic hydroxyl groups excluding tert-OH is 1. The Morgan fingerprint density at radius 3 is 2.11 bits per heavy atom. The van der Waals surface area contributed by atoms with E-state index in [1.807, 2.05) is 67.6 Å². The number of nitrogens with one attached hydrogen (secondary N) is 3. The fourth-order valence-corrected chi connectivity index (χ4v) is 5.30. The Morgan fingerprint density at radius 2 is 1.50 bits per heavy atom. The number of benzene rings is 3. The highest BCUT2D eigenvalue weighted by Crippen LogP contribution is 2.22. The number of rotatable bonds is 14. The third kappa shape index (κ3) is 9.67. The lowest BCUT2D eigenvalue weighted by Crippen LogP contribution is -2.48. The molecule has 2 amide bonds. The minimum Gasteiger partial charge on any atom is -0.390 e. The molecule has 0 bridgehead atoms. The molecule has 0 saturated carbocycles. The summed E-state index contributed by atoms with van der Waals surface area (Å²) in [5, 5.41) is 20.0. The van der Waals surface area contributed by atoms with Crippen LogP contribution in [0, 0.1) is 5.82 Å². The van der Waals surface area contributed by atoms with Crippen LogP contribution < -0.4 is 20.3 Å². The first-order chi connectivity index (χ1) is 21.9. The van der Waals surface area contributed by atoms with Crippen molar-refractivity contribution in [2.45, 2.75) is 38.1 Å². The van der Waals surface area contributed by atoms with Gasteiger partial charge in [-0.2, -0.15) is 0 Å². The average Bonchev–Trinajstić information content (AvgIpc) is 3.04. The summed E-state index contributed by atoms with van der Waals surface area (Å²) in [4.78, 5) is 30.9. The Hall–Kier alpha value is -4.65. The van der Waals surface area contributed by atoms with Crippen LogP contribution in [0.1, 0.15) is 50.4 Å². The fourth-order valence-electron chi connectivity index (χ4n) is 4.81. The number of nitrogens with zero attached hydrogens (tertiary/aromatic N) is 2. The van der Waals surface area contributed by atoms with Crippen LogP contribution in [0.2, 0.25) is 0 Å². The molecule has 4 rings (SSSR count). The van der Waals surface area contributed by atoms with Gasteiger partial charge in [-0.25, -0.2) is 12.8 Å². The first kappa shape index (κ1) is 34.2. The number of hydrogen-bond acceptors (Lipinski definition) is 7. The van der Waals surface area contributed by atoms with E-state index in [2.05, 4.69) is 20.9 Å². The quantitative estimate of drug-likeness (QED) is 0.164. The predicted octanol–water partition coefficient (Wildman–Crippen LogP) is 3.60. The number of anilines is 1. The summed E-state index contributed by atoms with van der Waals surface area (Å²) in [6, 6.07) is 23.0. The van der Waals surface area contributed by atoms with Crippen molar-refractivity contribution < 1.29 is 27.5 Å². The van der Waals surface area contributed by atoms with Crippen molar-refractivity contribution in [3.05, 3.63) is 131 Å².